The molecule has 1 aromatic carbocycles. The van der Waals surface area contributed by atoms with Crippen LogP contribution in [0.3, 0.4) is 0 Å². The van der Waals surface area contributed by atoms with Crippen molar-refractivity contribution in [2.75, 3.05) is 18.4 Å². The lowest BCUT2D eigenvalue weighted by atomic mass is 9.90. The predicted octanol–water partition coefficient (Wildman–Crippen LogP) is 3.56. The van der Waals surface area contributed by atoms with Gasteiger partial charge in [0, 0.05) is 35.1 Å². The van der Waals surface area contributed by atoms with Gasteiger partial charge in [0.25, 0.3) is 0 Å². The highest BCUT2D eigenvalue weighted by Crippen LogP contribution is 2.24. The third-order valence-corrected chi connectivity index (χ3v) is 4.16. The molecule has 0 saturated carbocycles. The van der Waals surface area contributed by atoms with E-state index in [-0.39, 0.29) is 23.1 Å². The highest BCUT2D eigenvalue weighted by Gasteiger charge is 2.32. The van der Waals surface area contributed by atoms with Gasteiger partial charge in [0.2, 0.25) is 11.8 Å². The van der Waals surface area contributed by atoms with E-state index in [2.05, 4.69) is 5.32 Å². The maximum Gasteiger partial charge on any atom is 0.227 e. The van der Waals surface area contributed by atoms with Crippen molar-refractivity contribution in [1.82, 2.24) is 4.90 Å². The van der Waals surface area contributed by atoms with Crippen molar-refractivity contribution >= 4 is 29.1 Å². The first-order valence-electron chi connectivity index (χ1n) is 7.63. The number of carbonyl (C=O) groups is 2. The van der Waals surface area contributed by atoms with Crippen molar-refractivity contribution in [1.29, 1.82) is 0 Å². The topological polar surface area (TPSA) is 49.4 Å². The van der Waals surface area contributed by atoms with Crippen molar-refractivity contribution in [2.45, 2.75) is 33.6 Å². The number of anilines is 1. The molecular weight excluding hydrogens is 300 g/mol. The number of nitrogens with one attached hydrogen (secondary N) is 1. The molecule has 2 amide bonds. The first-order chi connectivity index (χ1) is 10.3. The molecule has 1 fully saturated rings. The summed E-state index contributed by atoms with van der Waals surface area (Å²) in [6.45, 7) is 7.07. The number of piperidine rings is 1. The summed E-state index contributed by atoms with van der Waals surface area (Å²) in [6, 6.07) is 7.08. The van der Waals surface area contributed by atoms with E-state index < -0.39 is 0 Å². The number of benzene rings is 1. The van der Waals surface area contributed by atoms with Gasteiger partial charge in [0.05, 0.1) is 0 Å². The number of hydrogen-bond donors (Lipinski definition) is 1. The standard InChI is InChI=1S/C17H23ClN2O2/c1-17(2,3)16(22)20-10-8-12(9-11-20)15(21)19-14-6-4-13(18)5-7-14/h4-7,12H,8-11H2,1-3H3,(H,19,21). The van der Waals surface area contributed by atoms with Crippen LogP contribution in [0.2, 0.25) is 5.02 Å². The van der Waals surface area contributed by atoms with Crippen molar-refractivity contribution in [2.24, 2.45) is 11.3 Å². The number of likely N-dealkylation sites (tertiary alicyclic amines) is 1. The Morgan fingerprint density at radius 3 is 2.18 bits per heavy atom. The Bertz CT molecular complexity index is 541. The molecule has 0 bridgehead atoms. The predicted molar refractivity (Wildman–Crippen MR) is 88.8 cm³/mol. The van der Waals surface area contributed by atoms with Crippen molar-refractivity contribution in [3.63, 3.8) is 0 Å². The fourth-order valence-electron chi connectivity index (χ4n) is 2.60. The molecule has 1 N–H and O–H groups in total. The minimum atomic E-state index is -0.363. The van der Waals surface area contributed by atoms with Crippen LogP contribution in [-0.4, -0.2) is 29.8 Å². The summed E-state index contributed by atoms with van der Waals surface area (Å²) in [4.78, 5) is 26.4. The van der Waals surface area contributed by atoms with E-state index in [9.17, 15) is 9.59 Å². The zero-order chi connectivity index (χ0) is 16.3. The average molecular weight is 323 g/mol. The van der Waals surface area contributed by atoms with Gasteiger partial charge in [-0.3, -0.25) is 9.59 Å². The Labute approximate surface area is 136 Å². The molecule has 0 aliphatic carbocycles. The third-order valence-electron chi connectivity index (χ3n) is 3.91. The van der Waals surface area contributed by atoms with E-state index in [1.807, 2.05) is 25.7 Å². The minimum absolute atomic E-state index is 0.0187. The summed E-state index contributed by atoms with van der Waals surface area (Å²) in [5, 5.41) is 3.56. The normalized spacial score (nSPS) is 16.5. The first kappa shape index (κ1) is 16.8. The van der Waals surface area contributed by atoms with E-state index in [1.54, 1.807) is 24.3 Å². The summed E-state index contributed by atoms with van der Waals surface area (Å²) < 4.78 is 0. The van der Waals surface area contributed by atoms with Crippen LogP contribution in [0.5, 0.6) is 0 Å². The van der Waals surface area contributed by atoms with Gasteiger partial charge in [0.15, 0.2) is 0 Å². The van der Waals surface area contributed by atoms with Crippen molar-refractivity contribution in [3.05, 3.63) is 29.3 Å². The second-order valence-corrected chi connectivity index (χ2v) is 7.25. The molecule has 1 aromatic rings. The Kier molecular flexibility index (Phi) is 5.12. The number of rotatable bonds is 2. The summed E-state index contributed by atoms with van der Waals surface area (Å²) in [6.07, 6.45) is 1.42. The fourth-order valence-corrected chi connectivity index (χ4v) is 2.72. The Morgan fingerprint density at radius 2 is 1.68 bits per heavy atom. The summed E-state index contributed by atoms with van der Waals surface area (Å²) in [7, 11) is 0. The molecule has 0 unspecified atom stereocenters. The van der Waals surface area contributed by atoms with Crippen LogP contribution in [-0.2, 0) is 9.59 Å². The summed E-state index contributed by atoms with van der Waals surface area (Å²) in [5.74, 6) is 0.133. The number of halogens is 1. The van der Waals surface area contributed by atoms with Gasteiger partial charge in [-0.1, -0.05) is 32.4 Å². The summed E-state index contributed by atoms with van der Waals surface area (Å²) >= 11 is 5.83. The lowest BCUT2D eigenvalue weighted by molar-refractivity contribution is -0.142. The summed E-state index contributed by atoms with van der Waals surface area (Å²) in [5.41, 5.74) is 0.390. The van der Waals surface area contributed by atoms with Gasteiger partial charge in [-0.25, -0.2) is 0 Å². The van der Waals surface area contributed by atoms with Crippen LogP contribution in [0.4, 0.5) is 5.69 Å². The fraction of sp³-hybridized carbons (Fsp3) is 0.529. The van der Waals surface area contributed by atoms with Crippen molar-refractivity contribution < 1.29 is 9.59 Å². The molecule has 5 heteroatoms. The highest BCUT2D eigenvalue weighted by atomic mass is 35.5. The maximum absolute atomic E-state index is 12.3. The first-order valence-corrected chi connectivity index (χ1v) is 8.01. The SMILES string of the molecule is CC(C)(C)C(=O)N1CCC(C(=O)Nc2ccc(Cl)cc2)CC1. The average Bonchev–Trinajstić information content (AvgIpc) is 2.48. The lowest BCUT2D eigenvalue weighted by Crippen LogP contribution is -2.45. The van der Waals surface area contributed by atoms with E-state index in [0.29, 0.717) is 31.0 Å². The van der Waals surface area contributed by atoms with Crippen LogP contribution < -0.4 is 5.32 Å². The van der Waals surface area contributed by atoms with E-state index >= 15 is 0 Å². The van der Waals surface area contributed by atoms with Crippen LogP contribution in [0.25, 0.3) is 0 Å². The third kappa shape index (κ3) is 4.23. The molecule has 0 radical (unpaired) electrons. The molecule has 1 aliphatic rings. The molecule has 2 rings (SSSR count). The second kappa shape index (κ2) is 6.69. The zero-order valence-corrected chi connectivity index (χ0v) is 14.1. The lowest BCUT2D eigenvalue weighted by Gasteiger charge is -2.35. The van der Waals surface area contributed by atoms with Crippen molar-refractivity contribution in [3.8, 4) is 0 Å². The maximum atomic E-state index is 12.3. The van der Waals surface area contributed by atoms with Gasteiger partial charge in [-0.05, 0) is 37.1 Å². The molecular formula is C17H23ClN2O2. The zero-order valence-electron chi connectivity index (χ0n) is 13.4. The monoisotopic (exact) mass is 322 g/mol. The number of carbonyl (C=O) groups excluding carboxylic acids is 2. The Hall–Kier alpha value is -1.55. The van der Waals surface area contributed by atoms with Gasteiger partial charge in [-0.2, -0.15) is 0 Å². The highest BCUT2D eigenvalue weighted by molar-refractivity contribution is 6.30. The number of hydrogen-bond acceptors (Lipinski definition) is 2. The molecule has 1 aliphatic heterocycles. The molecule has 1 saturated heterocycles. The van der Waals surface area contributed by atoms with E-state index in [1.165, 1.54) is 0 Å². The van der Waals surface area contributed by atoms with Gasteiger partial charge in [-0.15, -0.1) is 0 Å². The van der Waals surface area contributed by atoms with E-state index in [4.69, 9.17) is 11.6 Å². The minimum Gasteiger partial charge on any atom is -0.342 e. The van der Waals surface area contributed by atoms with Gasteiger partial charge < -0.3 is 10.2 Å². The van der Waals surface area contributed by atoms with E-state index in [0.717, 1.165) is 5.69 Å². The molecule has 22 heavy (non-hydrogen) atoms. The molecule has 1 heterocycles. The van der Waals surface area contributed by atoms with Gasteiger partial charge >= 0.3 is 0 Å². The number of amides is 2. The molecule has 0 aromatic heterocycles. The molecule has 4 nitrogen and oxygen atoms in total. The number of nitrogens with zero attached hydrogens (tertiary/aromatic N) is 1. The van der Waals surface area contributed by atoms with Crippen LogP contribution >= 0.6 is 11.6 Å². The molecule has 0 spiro atoms. The largest absolute Gasteiger partial charge is 0.342 e. The van der Waals surface area contributed by atoms with Crippen LogP contribution in [0, 0.1) is 11.3 Å². The van der Waals surface area contributed by atoms with Crippen LogP contribution in [0.1, 0.15) is 33.6 Å². The Balaban J connectivity index is 1.87. The van der Waals surface area contributed by atoms with Crippen LogP contribution in [0.15, 0.2) is 24.3 Å². The molecule has 120 valence electrons. The second-order valence-electron chi connectivity index (χ2n) is 6.81. The molecule has 0 atom stereocenters. The Morgan fingerprint density at radius 1 is 1.14 bits per heavy atom. The van der Waals surface area contributed by atoms with Gasteiger partial charge in [0.1, 0.15) is 0 Å². The quantitative estimate of drug-likeness (QED) is 0.905. The smallest absolute Gasteiger partial charge is 0.227 e.